The van der Waals surface area contributed by atoms with Crippen molar-refractivity contribution in [2.75, 3.05) is 19.8 Å². The first-order valence-electron chi connectivity index (χ1n) is 4.45. The van der Waals surface area contributed by atoms with Crippen LogP contribution in [0.15, 0.2) is 0 Å². The van der Waals surface area contributed by atoms with Gasteiger partial charge in [-0.2, -0.15) is 0 Å². The minimum Gasteiger partial charge on any atom is -0.364 e. The lowest BCUT2D eigenvalue weighted by molar-refractivity contribution is -0.131. The molecule has 0 saturated carbocycles. The number of rotatable bonds is 6. The van der Waals surface area contributed by atoms with E-state index in [0.717, 1.165) is 0 Å². The van der Waals surface area contributed by atoms with Crippen LogP contribution in [-0.4, -0.2) is 31.4 Å². The Balaban J connectivity index is 3.45. The highest BCUT2D eigenvalue weighted by atomic mass is 16.5. The van der Waals surface area contributed by atoms with Crippen LogP contribution in [0.2, 0.25) is 0 Å². The largest absolute Gasteiger partial charge is 0.364 e. The Bertz CT molecular complexity index is 178. The van der Waals surface area contributed by atoms with Crippen molar-refractivity contribution in [3.05, 3.63) is 0 Å². The average Bonchev–Trinajstić information content (AvgIpc) is 2.04. The minimum absolute atomic E-state index is 0.0179. The number of carbonyl (C=O) groups is 2. The fourth-order valence-electron chi connectivity index (χ4n) is 0.659. The zero-order valence-electron chi connectivity index (χ0n) is 8.42. The van der Waals surface area contributed by atoms with E-state index >= 15 is 0 Å². The molecule has 1 amide bonds. The van der Waals surface area contributed by atoms with Crippen molar-refractivity contribution in [2.24, 2.45) is 5.92 Å². The van der Waals surface area contributed by atoms with Crippen LogP contribution in [0.3, 0.4) is 0 Å². The van der Waals surface area contributed by atoms with Crippen LogP contribution in [-0.2, 0) is 14.3 Å². The van der Waals surface area contributed by atoms with Crippen molar-refractivity contribution in [2.45, 2.75) is 20.8 Å². The van der Waals surface area contributed by atoms with Gasteiger partial charge in [0.1, 0.15) is 13.2 Å². The lowest BCUT2D eigenvalue weighted by atomic mass is 10.1. The molecule has 0 saturated heterocycles. The fourth-order valence-corrected chi connectivity index (χ4v) is 0.659. The maximum Gasteiger partial charge on any atom is 0.246 e. The first-order chi connectivity index (χ1) is 6.07. The summed E-state index contributed by atoms with van der Waals surface area (Å²) in [6.07, 6.45) is 0. The summed E-state index contributed by atoms with van der Waals surface area (Å²) in [4.78, 5) is 21.9. The van der Waals surface area contributed by atoms with E-state index in [9.17, 15) is 9.59 Å². The number of amides is 1. The van der Waals surface area contributed by atoms with Crippen LogP contribution in [0.4, 0.5) is 0 Å². The molecule has 0 unspecified atom stereocenters. The van der Waals surface area contributed by atoms with Crippen LogP contribution < -0.4 is 5.32 Å². The molecule has 0 bridgehead atoms. The molecule has 0 aromatic carbocycles. The molecule has 0 aromatic heterocycles. The molecule has 0 fully saturated rings. The van der Waals surface area contributed by atoms with Crippen LogP contribution in [0, 0.1) is 5.92 Å². The molecule has 0 aliphatic rings. The summed E-state index contributed by atoms with van der Waals surface area (Å²) in [6.45, 7) is 6.01. The number of Topliss-reactive ketones (excluding diaryl/α,β-unsaturated/α-hetero) is 1. The highest BCUT2D eigenvalue weighted by Gasteiger charge is 2.07. The molecule has 0 atom stereocenters. The monoisotopic (exact) mass is 187 g/mol. The quantitative estimate of drug-likeness (QED) is 0.653. The number of nitrogens with one attached hydrogen (secondary N) is 1. The van der Waals surface area contributed by atoms with E-state index in [-0.39, 0.29) is 30.8 Å². The van der Waals surface area contributed by atoms with Gasteiger partial charge in [-0.1, -0.05) is 13.8 Å². The van der Waals surface area contributed by atoms with Gasteiger partial charge in [-0.25, -0.2) is 0 Å². The standard InChI is InChI=1S/C9H17NO3/c1-4-10-9(12)6-13-5-8(11)7(2)3/h7H,4-6H2,1-3H3,(H,10,12). The average molecular weight is 187 g/mol. The van der Waals surface area contributed by atoms with Gasteiger partial charge >= 0.3 is 0 Å². The maximum absolute atomic E-state index is 11.0. The molecular formula is C9H17NO3. The number of ether oxygens (including phenoxy) is 1. The minimum atomic E-state index is -0.181. The molecule has 76 valence electrons. The highest BCUT2D eigenvalue weighted by Crippen LogP contribution is 1.93. The molecule has 13 heavy (non-hydrogen) atoms. The molecule has 0 rings (SSSR count). The van der Waals surface area contributed by atoms with Crippen molar-refractivity contribution < 1.29 is 14.3 Å². The number of likely N-dealkylation sites (N-methyl/N-ethyl adjacent to an activating group) is 1. The zero-order valence-corrected chi connectivity index (χ0v) is 8.42. The van der Waals surface area contributed by atoms with Gasteiger partial charge in [0.2, 0.25) is 5.91 Å². The first kappa shape index (κ1) is 12.1. The van der Waals surface area contributed by atoms with E-state index in [1.54, 1.807) is 13.8 Å². The van der Waals surface area contributed by atoms with Gasteiger partial charge in [0.15, 0.2) is 5.78 Å². The van der Waals surface area contributed by atoms with Crippen LogP contribution in [0.25, 0.3) is 0 Å². The van der Waals surface area contributed by atoms with E-state index in [0.29, 0.717) is 6.54 Å². The Labute approximate surface area is 78.6 Å². The Morgan fingerprint density at radius 3 is 2.38 bits per heavy atom. The summed E-state index contributed by atoms with van der Waals surface area (Å²) in [7, 11) is 0. The topological polar surface area (TPSA) is 55.4 Å². The lowest BCUT2D eigenvalue weighted by Gasteiger charge is -2.05. The summed E-state index contributed by atoms with van der Waals surface area (Å²) in [5.41, 5.74) is 0. The number of ketones is 1. The van der Waals surface area contributed by atoms with Gasteiger partial charge in [0.05, 0.1) is 0 Å². The third-order valence-corrected chi connectivity index (χ3v) is 1.50. The number of hydrogen-bond acceptors (Lipinski definition) is 3. The van der Waals surface area contributed by atoms with E-state index in [1.165, 1.54) is 0 Å². The molecule has 1 N–H and O–H groups in total. The van der Waals surface area contributed by atoms with Gasteiger partial charge in [-0.05, 0) is 6.92 Å². The summed E-state index contributed by atoms with van der Waals surface area (Å²) < 4.78 is 4.91. The summed E-state index contributed by atoms with van der Waals surface area (Å²) in [6, 6.07) is 0. The van der Waals surface area contributed by atoms with E-state index < -0.39 is 0 Å². The molecule has 0 aromatic rings. The Kier molecular flexibility index (Phi) is 6.14. The maximum atomic E-state index is 11.0. The van der Waals surface area contributed by atoms with Crippen LogP contribution in [0.1, 0.15) is 20.8 Å². The predicted molar refractivity (Wildman–Crippen MR) is 49.3 cm³/mol. The van der Waals surface area contributed by atoms with Gasteiger partial charge in [0, 0.05) is 12.5 Å². The normalized spacial score (nSPS) is 10.2. The second-order valence-electron chi connectivity index (χ2n) is 3.07. The first-order valence-corrected chi connectivity index (χ1v) is 4.45. The van der Waals surface area contributed by atoms with Crippen molar-refractivity contribution in [1.82, 2.24) is 5.32 Å². The van der Waals surface area contributed by atoms with Crippen molar-refractivity contribution >= 4 is 11.7 Å². The number of hydrogen-bond donors (Lipinski definition) is 1. The molecule has 4 heteroatoms. The van der Waals surface area contributed by atoms with Crippen LogP contribution in [0.5, 0.6) is 0 Å². The van der Waals surface area contributed by atoms with Crippen molar-refractivity contribution in [3.63, 3.8) is 0 Å². The van der Waals surface area contributed by atoms with Crippen molar-refractivity contribution in [3.8, 4) is 0 Å². The van der Waals surface area contributed by atoms with Gasteiger partial charge in [0.25, 0.3) is 0 Å². The van der Waals surface area contributed by atoms with Gasteiger partial charge < -0.3 is 10.1 Å². The molecule has 0 aliphatic carbocycles. The Morgan fingerprint density at radius 2 is 1.92 bits per heavy atom. The van der Waals surface area contributed by atoms with Gasteiger partial charge in [-0.15, -0.1) is 0 Å². The highest BCUT2D eigenvalue weighted by molar-refractivity contribution is 5.82. The third kappa shape index (κ3) is 6.28. The third-order valence-electron chi connectivity index (χ3n) is 1.50. The Hall–Kier alpha value is -0.900. The molecule has 0 spiro atoms. The fraction of sp³-hybridized carbons (Fsp3) is 0.778. The number of carbonyl (C=O) groups excluding carboxylic acids is 2. The van der Waals surface area contributed by atoms with Crippen molar-refractivity contribution in [1.29, 1.82) is 0 Å². The SMILES string of the molecule is CCNC(=O)COCC(=O)C(C)C. The predicted octanol–water partition coefficient (Wildman–Crippen LogP) is 0.364. The Morgan fingerprint density at radius 1 is 1.31 bits per heavy atom. The van der Waals surface area contributed by atoms with Crippen LogP contribution >= 0.6 is 0 Å². The second-order valence-corrected chi connectivity index (χ2v) is 3.07. The van der Waals surface area contributed by atoms with E-state index in [2.05, 4.69) is 5.32 Å². The van der Waals surface area contributed by atoms with Gasteiger partial charge in [-0.3, -0.25) is 9.59 Å². The molecule has 4 nitrogen and oxygen atoms in total. The molecule has 0 radical (unpaired) electrons. The zero-order chi connectivity index (χ0) is 10.3. The molecule has 0 aliphatic heterocycles. The summed E-state index contributed by atoms with van der Waals surface area (Å²) in [5.74, 6) is -0.197. The summed E-state index contributed by atoms with van der Waals surface area (Å²) >= 11 is 0. The smallest absolute Gasteiger partial charge is 0.246 e. The summed E-state index contributed by atoms with van der Waals surface area (Å²) in [5, 5.41) is 2.57. The van der Waals surface area contributed by atoms with E-state index in [4.69, 9.17) is 4.74 Å². The molecule has 0 heterocycles. The molecular weight excluding hydrogens is 170 g/mol. The van der Waals surface area contributed by atoms with E-state index in [1.807, 2.05) is 6.92 Å². The second kappa shape index (κ2) is 6.60. The lowest BCUT2D eigenvalue weighted by Crippen LogP contribution is -2.28.